The topological polar surface area (TPSA) is 61.3 Å². The molecule has 0 fully saturated rings. The number of halogens is 1. The summed E-state index contributed by atoms with van der Waals surface area (Å²) in [6, 6.07) is 3.88. The number of ether oxygens (including phenoxy) is 1. The van der Waals surface area contributed by atoms with Crippen LogP contribution < -0.4 is 10.5 Å². The van der Waals surface area contributed by atoms with Crippen LogP contribution >= 0.6 is 11.6 Å². The van der Waals surface area contributed by atoms with Gasteiger partial charge in [0.25, 0.3) is 6.01 Å². The zero-order valence-electron chi connectivity index (χ0n) is 10.6. The van der Waals surface area contributed by atoms with Crippen molar-refractivity contribution in [2.45, 2.75) is 20.3 Å². The summed E-state index contributed by atoms with van der Waals surface area (Å²) in [7, 11) is 1.59. The average Bonchev–Trinajstić information content (AvgIpc) is 2.72. The van der Waals surface area contributed by atoms with Gasteiger partial charge in [-0.2, -0.15) is 4.98 Å². The number of methoxy groups -OCH3 is 1. The van der Waals surface area contributed by atoms with Gasteiger partial charge in [-0.1, -0.05) is 18.5 Å². The molecule has 1 aromatic heterocycles. The van der Waals surface area contributed by atoms with E-state index < -0.39 is 0 Å². The second-order valence-electron chi connectivity index (χ2n) is 3.98. The number of nitrogens with two attached hydrogens (primary N) is 1. The van der Waals surface area contributed by atoms with Crippen molar-refractivity contribution in [3.63, 3.8) is 0 Å². The third kappa shape index (κ3) is 2.16. The van der Waals surface area contributed by atoms with E-state index in [1.165, 1.54) is 0 Å². The van der Waals surface area contributed by atoms with Gasteiger partial charge in [-0.3, -0.25) is 0 Å². The Morgan fingerprint density at radius 1 is 1.44 bits per heavy atom. The van der Waals surface area contributed by atoms with Crippen LogP contribution in [0.4, 0.5) is 6.01 Å². The molecule has 4 nitrogen and oxygen atoms in total. The summed E-state index contributed by atoms with van der Waals surface area (Å²) in [5.41, 5.74) is 8.28. The van der Waals surface area contributed by atoms with Crippen LogP contribution in [0.1, 0.15) is 18.2 Å². The fourth-order valence-electron chi connectivity index (χ4n) is 1.89. The highest BCUT2D eigenvalue weighted by atomic mass is 35.5. The maximum Gasteiger partial charge on any atom is 0.292 e. The molecular weight excluding hydrogens is 252 g/mol. The molecule has 0 atom stereocenters. The third-order valence-corrected chi connectivity index (χ3v) is 3.08. The first-order chi connectivity index (χ1) is 8.56. The molecule has 2 N–H and O–H groups in total. The summed E-state index contributed by atoms with van der Waals surface area (Å²) < 4.78 is 10.5. The second kappa shape index (κ2) is 4.90. The Labute approximate surface area is 111 Å². The summed E-state index contributed by atoms with van der Waals surface area (Å²) >= 11 is 6.14. The van der Waals surface area contributed by atoms with Gasteiger partial charge in [-0.15, -0.1) is 0 Å². The van der Waals surface area contributed by atoms with E-state index in [-0.39, 0.29) is 6.01 Å². The molecule has 0 aliphatic heterocycles. The Hall–Kier alpha value is -1.68. The predicted molar refractivity (Wildman–Crippen MR) is 72.0 cm³/mol. The lowest BCUT2D eigenvalue weighted by atomic mass is 10.0. The van der Waals surface area contributed by atoms with Gasteiger partial charge in [0.2, 0.25) is 0 Å². The minimum atomic E-state index is 0.174. The maximum absolute atomic E-state index is 6.14. The normalized spacial score (nSPS) is 10.7. The largest absolute Gasteiger partial charge is 0.495 e. The van der Waals surface area contributed by atoms with Crippen LogP contribution in [0.15, 0.2) is 16.5 Å². The molecule has 0 unspecified atom stereocenters. The van der Waals surface area contributed by atoms with E-state index in [1.54, 1.807) is 7.11 Å². The molecule has 18 heavy (non-hydrogen) atoms. The van der Waals surface area contributed by atoms with Crippen molar-refractivity contribution in [2.24, 2.45) is 0 Å². The average molecular weight is 267 g/mol. The molecule has 0 radical (unpaired) electrons. The minimum absolute atomic E-state index is 0.174. The molecule has 2 rings (SSSR count). The van der Waals surface area contributed by atoms with Gasteiger partial charge in [0.15, 0.2) is 0 Å². The van der Waals surface area contributed by atoms with Crippen molar-refractivity contribution in [3.05, 3.63) is 28.5 Å². The van der Waals surface area contributed by atoms with Crippen molar-refractivity contribution >= 4 is 17.6 Å². The maximum atomic E-state index is 6.14. The highest BCUT2D eigenvalue weighted by Crippen LogP contribution is 2.35. The molecule has 0 amide bonds. The van der Waals surface area contributed by atoms with Crippen LogP contribution in [0.3, 0.4) is 0 Å². The SMILES string of the molecule is CCc1oc(N)nc1-c1cc(Cl)c(OC)cc1C. The summed E-state index contributed by atoms with van der Waals surface area (Å²) in [5.74, 6) is 1.41. The first-order valence-corrected chi connectivity index (χ1v) is 6.04. The molecule has 5 heteroatoms. The quantitative estimate of drug-likeness (QED) is 0.924. The Morgan fingerprint density at radius 2 is 2.17 bits per heavy atom. The van der Waals surface area contributed by atoms with Crippen molar-refractivity contribution in [3.8, 4) is 17.0 Å². The molecule has 0 spiro atoms. The first-order valence-electron chi connectivity index (χ1n) is 5.66. The smallest absolute Gasteiger partial charge is 0.292 e. The number of nitrogens with zero attached hydrogens (tertiary/aromatic N) is 1. The third-order valence-electron chi connectivity index (χ3n) is 2.79. The summed E-state index contributed by atoms with van der Waals surface area (Å²) in [6.45, 7) is 3.96. The molecule has 0 saturated heterocycles. The number of nitrogen functional groups attached to an aromatic ring is 1. The van der Waals surface area contributed by atoms with Gasteiger partial charge in [0, 0.05) is 12.0 Å². The minimum Gasteiger partial charge on any atom is -0.495 e. The fraction of sp³-hybridized carbons (Fsp3) is 0.308. The monoisotopic (exact) mass is 266 g/mol. The van der Waals surface area contributed by atoms with Crippen LogP contribution in [-0.4, -0.2) is 12.1 Å². The Balaban J connectivity index is 2.60. The number of aromatic nitrogens is 1. The number of rotatable bonds is 3. The second-order valence-corrected chi connectivity index (χ2v) is 4.39. The predicted octanol–water partition coefficient (Wildman–Crippen LogP) is 3.46. The number of benzene rings is 1. The van der Waals surface area contributed by atoms with E-state index in [1.807, 2.05) is 26.0 Å². The molecule has 0 aliphatic rings. The summed E-state index contributed by atoms with van der Waals surface area (Å²) in [6.07, 6.45) is 0.725. The lowest BCUT2D eigenvalue weighted by molar-refractivity contribution is 0.415. The Bertz CT molecular complexity index is 579. The van der Waals surface area contributed by atoms with Crippen LogP contribution in [0.2, 0.25) is 5.02 Å². The van der Waals surface area contributed by atoms with Crippen LogP contribution in [-0.2, 0) is 6.42 Å². The van der Waals surface area contributed by atoms with Crippen molar-refractivity contribution in [1.82, 2.24) is 4.98 Å². The number of anilines is 1. The number of oxazole rings is 1. The highest BCUT2D eigenvalue weighted by molar-refractivity contribution is 6.32. The molecule has 0 saturated carbocycles. The van der Waals surface area contributed by atoms with E-state index in [0.717, 1.165) is 29.0 Å². The molecule has 1 aromatic carbocycles. The van der Waals surface area contributed by atoms with E-state index in [4.69, 9.17) is 26.5 Å². The van der Waals surface area contributed by atoms with E-state index in [0.29, 0.717) is 10.8 Å². The Kier molecular flexibility index (Phi) is 3.48. The van der Waals surface area contributed by atoms with Gasteiger partial charge in [0.05, 0.1) is 12.1 Å². The van der Waals surface area contributed by atoms with Crippen LogP contribution in [0.25, 0.3) is 11.3 Å². The van der Waals surface area contributed by atoms with Gasteiger partial charge < -0.3 is 14.9 Å². The zero-order valence-corrected chi connectivity index (χ0v) is 11.3. The van der Waals surface area contributed by atoms with Gasteiger partial charge >= 0.3 is 0 Å². The summed E-state index contributed by atoms with van der Waals surface area (Å²) in [4.78, 5) is 4.22. The highest BCUT2D eigenvalue weighted by Gasteiger charge is 2.16. The van der Waals surface area contributed by atoms with E-state index in [9.17, 15) is 0 Å². The Morgan fingerprint density at radius 3 is 2.78 bits per heavy atom. The molecule has 2 aromatic rings. The lowest BCUT2D eigenvalue weighted by Crippen LogP contribution is -1.92. The first kappa shape index (κ1) is 12.8. The van der Waals surface area contributed by atoms with E-state index in [2.05, 4.69) is 4.98 Å². The van der Waals surface area contributed by atoms with Crippen molar-refractivity contribution in [2.75, 3.05) is 12.8 Å². The van der Waals surface area contributed by atoms with Crippen molar-refractivity contribution < 1.29 is 9.15 Å². The van der Waals surface area contributed by atoms with Gasteiger partial charge in [-0.25, -0.2) is 0 Å². The van der Waals surface area contributed by atoms with Gasteiger partial charge in [0.1, 0.15) is 17.2 Å². The summed E-state index contributed by atoms with van der Waals surface area (Å²) in [5, 5.41) is 0.543. The number of hydrogen-bond donors (Lipinski definition) is 1. The molecule has 96 valence electrons. The number of hydrogen-bond acceptors (Lipinski definition) is 4. The van der Waals surface area contributed by atoms with E-state index >= 15 is 0 Å². The van der Waals surface area contributed by atoms with Gasteiger partial charge in [-0.05, 0) is 24.6 Å². The molecule has 0 aliphatic carbocycles. The molecular formula is C13H15ClN2O2. The van der Waals surface area contributed by atoms with Crippen LogP contribution in [0.5, 0.6) is 5.75 Å². The fourth-order valence-corrected chi connectivity index (χ4v) is 2.13. The lowest BCUT2D eigenvalue weighted by Gasteiger charge is -2.09. The standard InChI is InChI=1S/C13H15ClN2O2/c1-4-10-12(16-13(15)18-10)8-6-9(14)11(17-3)5-7(8)2/h5-6H,4H2,1-3H3,(H2,15,16). The molecule has 0 bridgehead atoms. The van der Waals surface area contributed by atoms with Crippen molar-refractivity contribution in [1.29, 1.82) is 0 Å². The molecule has 1 heterocycles. The zero-order chi connectivity index (χ0) is 13.3. The van der Waals surface area contributed by atoms with Crippen LogP contribution in [0, 0.1) is 6.92 Å². The number of aryl methyl sites for hydroxylation is 2.